The van der Waals surface area contributed by atoms with Gasteiger partial charge in [-0.3, -0.25) is 0 Å². The summed E-state index contributed by atoms with van der Waals surface area (Å²) in [6.07, 6.45) is 3.01. The fourth-order valence-electron chi connectivity index (χ4n) is 3.62. The molecule has 3 aromatic rings. The number of methoxy groups -OCH3 is 2. The highest BCUT2D eigenvalue weighted by molar-refractivity contribution is 5.44. The van der Waals surface area contributed by atoms with Crippen LogP contribution in [0, 0.1) is 6.92 Å². The summed E-state index contributed by atoms with van der Waals surface area (Å²) in [4.78, 5) is 2.14. The van der Waals surface area contributed by atoms with Gasteiger partial charge in [0.05, 0.1) is 25.5 Å². The van der Waals surface area contributed by atoms with E-state index in [9.17, 15) is 5.11 Å². The van der Waals surface area contributed by atoms with Gasteiger partial charge in [-0.05, 0) is 55.7 Å². The van der Waals surface area contributed by atoms with Gasteiger partial charge in [-0.15, -0.1) is 10.2 Å². The van der Waals surface area contributed by atoms with Crippen LogP contribution in [0.15, 0.2) is 42.6 Å². The summed E-state index contributed by atoms with van der Waals surface area (Å²) in [6.45, 7) is 3.28. The molecule has 0 unspecified atom stereocenters. The first kappa shape index (κ1) is 19.2. The van der Waals surface area contributed by atoms with E-state index in [0.717, 1.165) is 17.1 Å². The van der Waals surface area contributed by atoms with Crippen molar-refractivity contribution in [2.24, 2.45) is 0 Å². The molecule has 1 saturated heterocycles. The smallest absolute Gasteiger partial charge is 0.175 e. The molecule has 0 spiro atoms. The van der Waals surface area contributed by atoms with Gasteiger partial charge in [0.15, 0.2) is 11.6 Å². The maximum atomic E-state index is 11.3. The van der Waals surface area contributed by atoms with E-state index in [1.165, 1.54) is 0 Å². The Morgan fingerprint density at radius 3 is 2.07 bits per heavy atom. The Morgan fingerprint density at radius 1 is 0.931 bits per heavy atom. The fourth-order valence-corrected chi connectivity index (χ4v) is 3.62. The molecule has 29 heavy (non-hydrogen) atoms. The minimum absolute atomic E-state index is 0.575. The summed E-state index contributed by atoms with van der Waals surface area (Å²) in [6, 6.07) is 11.3. The van der Waals surface area contributed by atoms with E-state index in [-0.39, 0.29) is 0 Å². The van der Waals surface area contributed by atoms with Crippen LogP contribution in [0.4, 0.5) is 5.82 Å². The van der Waals surface area contributed by atoms with Gasteiger partial charge >= 0.3 is 0 Å². The number of ether oxygens (including phenoxy) is 2. The quantitative estimate of drug-likeness (QED) is 0.710. The highest BCUT2D eigenvalue weighted by Crippen LogP contribution is 2.37. The van der Waals surface area contributed by atoms with Crippen LogP contribution in [0.3, 0.4) is 0 Å². The minimum Gasteiger partial charge on any atom is -0.497 e. The average Bonchev–Trinajstić information content (AvgIpc) is 3.20. The van der Waals surface area contributed by atoms with Crippen LogP contribution in [0.5, 0.6) is 11.5 Å². The molecule has 0 bridgehead atoms. The van der Waals surface area contributed by atoms with Crippen LogP contribution < -0.4 is 14.4 Å². The first-order chi connectivity index (χ1) is 14.0. The maximum absolute atomic E-state index is 11.3. The molecular formula is C21H25N5O3. The lowest BCUT2D eigenvalue weighted by molar-refractivity contribution is 0.0113. The number of hydrogen-bond donors (Lipinski definition) is 1. The molecule has 0 atom stereocenters. The second-order valence-corrected chi connectivity index (χ2v) is 7.27. The number of aromatic nitrogens is 4. The predicted molar refractivity (Wildman–Crippen MR) is 109 cm³/mol. The van der Waals surface area contributed by atoms with Gasteiger partial charge in [-0.1, -0.05) is 0 Å². The average molecular weight is 395 g/mol. The SMILES string of the molecule is COc1cc(OC)cc(C2(O)CCN(c3ccc(-n4ccc(C)n4)nn3)CC2)c1. The lowest BCUT2D eigenvalue weighted by Crippen LogP contribution is -2.43. The first-order valence-corrected chi connectivity index (χ1v) is 9.58. The van der Waals surface area contributed by atoms with E-state index < -0.39 is 5.60 Å². The van der Waals surface area contributed by atoms with Crippen LogP contribution in [0.2, 0.25) is 0 Å². The summed E-state index contributed by atoms with van der Waals surface area (Å²) >= 11 is 0. The number of aliphatic hydroxyl groups is 1. The molecule has 1 aromatic carbocycles. The normalized spacial score (nSPS) is 15.9. The largest absolute Gasteiger partial charge is 0.497 e. The van der Waals surface area contributed by atoms with Crippen LogP contribution >= 0.6 is 0 Å². The van der Waals surface area contributed by atoms with Crippen molar-refractivity contribution in [3.8, 4) is 17.3 Å². The van der Waals surface area contributed by atoms with Crippen LogP contribution in [-0.2, 0) is 5.60 Å². The van der Waals surface area contributed by atoms with E-state index in [2.05, 4.69) is 20.2 Å². The summed E-state index contributed by atoms with van der Waals surface area (Å²) in [5, 5.41) is 24.3. The zero-order valence-electron chi connectivity index (χ0n) is 16.9. The molecule has 152 valence electrons. The molecular weight excluding hydrogens is 370 g/mol. The molecule has 1 N–H and O–H groups in total. The Balaban J connectivity index is 1.47. The van der Waals surface area contributed by atoms with Gasteiger partial charge in [-0.2, -0.15) is 5.10 Å². The number of benzene rings is 1. The lowest BCUT2D eigenvalue weighted by atomic mass is 9.84. The van der Waals surface area contributed by atoms with Crippen molar-refractivity contribution in [1.82, 2.24) is 20.0 Å². The zero-order chi connectivity index (χ0) is 20.4. The second-order valence-electron chi connectivity index (χ2n) is 7.27. The molecule has 1 aliphatic heterocycles. The van der Waals surface area contributed by atoms with E-state index in [4.69, 9.17) is 9.47 Å². The number of aryl methyl sites for hydroxylation is 1. The Hall–Kier alpha value is -3.13. The third kappa shape index (κ3) is 3.88. The Labute approximate surface area is 169 Å². The molecule has 1 fully saturated rings. The van der Waals surface area contributed by atoms with Crippen molar-refractivity contribution >= 4 is 5.82 Å². The van der Waals surface area contributed by atoms with E-state index in [1.807, 2.05) is 43.5 Å². The molecule has 0 saturated carbocycles. The fraction of sp³-hybridized carbons (Fsp3) is 0.381. The minimum atomic E-state index is -0.932. The van der Waals surface area contributed by atoms with Crippen LogP contribution in [0.1, 0.15) is 24.1 Å². The molecule has 2 aromatic heterocycles. The predicted octanol–water partition coefficient (Wildman–Crippen LogP) is 2.48. The summed E-state index contributed by atoms with van der Waals surface area (Å²) in [5.41, 5.74) is 0.808. The van der Waals surface area contributed by atoms with E-state index >= 15 is 0 Å². The number of nitrogens with zero attached hydrogens (tertiary/aromatic N) is 5. The molecule has 1 aliphatic rings. The summed E-state index contributed by atoms with van der Waals surface area (Å²) in [5.74, 6) is 2.82. The highest BCUT2D eigenvalue weighted by atomic mass is 16.5. The summed E-state index contributed by atoms with van der Waals surface area (Å²) < 4.78 is 12.4. The molecule has 3 heterocycles. The monoisotopic (exact) mass is 395 g/mol. The van der Waals surface area contributed by atoms with Crippen molar-refractivity contribution < 1.29 is 14.6 Å². The molecule has 8 heteroatoms. The number of piperidine rings is 1. The Morgan fingerprint density at radius 2 is 1.55 bits per heavy atom. The maximum Gasteiger partial charge on any atom is 0.175 e. The van der Waals surface area contributed by atoms with Gasteiger partial charge < -0.3 is 19.5 Å². The Kier molecular flexibility index (Phi) is 5.10. The molecule has 8 nitrogen and oxygen atoms in total. The van der Waals surface area contributed by atoms with Crippen LogP contribution in [-0.4, -0.2) is 52.4 Å². The Bertz CT molecular complexity index is 956. The summed E-state index contributed by atoms with van der Waals surface area (Å²) in [7, 11) is 3.22. The van der Waals surface area contributed by atoms with E-state index in [1.54, 1.807) is 25.0 Å². The molecule has 0 aliphatic carbocycles. The number of anilines is 1. The van der Waals surface area contributed by atoms with Crippen molar-refractivity contribution in [3.63, 3.8) is 0 Å². The third-order valence-electron chi connectivity index (χ3n) is 5.40. The molecule has 0 amide bonds. The van der Waals surface area contributed by atoms with Crippen molar-refractivity contribution in [2.75, 3.05) is 32.2 Å². The lowest BCUT2D eigenvalue weighted by Gasteiger charge is -2.39. The molecule has 0 radical (unpaired) electrons. The van der Waals surface area contributed by atoms with Gasteiger partial charge in [-0.25, -0.2) is 4.68 Å². The van der Waals surface area contributed by atoms with Gasteiger partial charge in [0.25, 0.3) is 0 Å². The van der Waals surface area contributed by atoms with Crippen LogP contribution in [0.25, 0.3) is 5.82 Å². The van der Waals surface area contributed by atoms with E-state index in [0.29, 0.717) is 43.2 Å². The first-order valence-electron chi connectivity index (χ1n) is 9.58. The third-order valence-corrected chi connectivity index (χ3v) is 5.40. The number of hydrogen-bond acceptors (Lipinski definition) is 7. The van der Waals surface area contributed by atoms with Gasteiger partial charge in [0.1, 0.15) is 11.5 Å². The second kappa shape index (κ2) is 7.71. The topological polar surface area (TPSA) is 85.5 Å². The van der Waals surface area contributed by atoms with Crippen molar-refractivity contribution in [3.05, 3.63) is 53.9 Å². The van der Waals surface area contributed by atoms with Gasteiger partial charge in [0, 0.05) is 25.4 Å². The highest BCUT2D eigenvalue weighted by Gasteiger charge is 2.35. The molecule has 4 rings (SSSR count). The van der Waals surface area contributed by atoms with Crippen molar-refractivity contribution in [2.45, 2.75) is 25.4 Å². The standard InChI is InChI=1S/C21H25N5O3/c1-15-6-9-26(24-15)20-5-4-19(22-23-20)25-10-7-21(27,8-11-25)16-12-17(28-2)14-18(13-16)29-3/h4-6,9,12-14,27H,7-8,10-11H2,1-3H3. The van der Waals surface area contributed by atoms with Gasteiger partial charge in [0.2, 0.25) is 0 Å². The zero-order valence-corrected chi connectivity index (χ0v) is 16.9. The number of rotatable bonds is 5. The van der Waals surface area contributed by atoms with Crippen molar-refractivity contribution in [1.29, 1.82) is 0 Å².